The largest absolute Gasteiger partial charge is 0.506 e. The molecule has 2 N–H and O–H groups in total. The maximum atomic E-state index is 12.6. The fourth-order valence-electron chi connectivity index (χ4n) is 2.78. The Bertz CT molecular complexity index is 962. The summed E-state index contributed by atoms with van der Waals surface area (Å²) in [5, 5.41) is 13.7. The van der Waals surface area contributed by atoms with E-state index in [0.717, 1.165) is 5.56 Å². The molecule has 1 heterocycles. The van der Waals surface area contributed by atoms with Gasteiger partial charge in [-0.2, -0.15) is 0 Å². The fourth-order valence-corrected chi connectivity index (χ4v) is 2.78. The number of nitrogens with one attached hydrogen (secondary N) is 1. The Morgan fingerprint density at radius 3 is 2.42 bits per heavy atom. The van der Waals surface area contributed by atoms with Gasteiger partial charge in [0, 0.05) is 12.4 Å². The second-order valence-corrected chi connectivity index (χ2v) is 5.71. The highest BCUT2D eigenvalue weighted by Gasteiger charge is 2.22. The molecule has 0 fully saturated rings. The number of benzene rings is 2. The van der Waals surface area contributed by atoms with E-state index in [1.807, 2.05) is 37.3 Å². The molecule has 0 aliphatic carbocycles. The van der Waals surface area contributed by atoms with Gasteiger partial charge in [0.25, 0.3) is 11.5 Å². The number of hydrogen-bond donors (Lipinski definition) is 2. The van der Waals surface area contributed by atoms with Crippen molar-refractivity contribution in [2.75, 3.05) is 0 Å². The van der Waals surface area contributed by atoms with Gasteiger partial charge in [-0.05, 0) is 24.6 Å². The molecule has 5 heteroatoms. The first-order valence-corrected chi connectivity index (χ1v) is 7.67. The van der Waals surface area contributed by atoms with Gasteiger partial charge in [0.2, 0.25) is 0 Å². The van der Waals surface area contributed by atoms with E-state index < -0.39 is 11.5 Å². The van der Waals surface area contributed by atoms with E-state index in [4.69, 9.17) is 0 Å². The van der Waals surface area contributed by atoms with E-state index in [1.54, 1.807) is 31.3 Å². The fraction of sp³-hybridized carbons (Fsp3) is 0.158. The molecule has 0 radical (unpaired) electrons. The van der Waals surface area contributed by atoms with Crippen molar-refractivity contribution in [2.24, 2.45) is 7.05 Å². The van der Waals surface area contributed by atoms with Gasteiger partial charge < -0.3 is 15.0 Å². The molecule has 3 aromatic rings. The minimum absolute atomic E-state index is 0.237. The van der Waals surface area contributed by atoms with Crippen LogP contribution in [0.4, 0.5) is 0 Å². The van der Waals surface area contributed by atoms with Crippen molar-refractivity contribution in [3.05, 3.63) is 76.1 Å². The Morgan fingerprint density at radius 1 is 1.08 bits per heavy atom. The number of fused-ring (bicyclic) bond motifs is 1. The van der Waals surface area contributed by atoms with Crippen molar-refractivity contribution >= 4 is 16.8 Å². The molecule has 1 amide bonds. The van der Waals surface area contributed by atoms with Crippen LogP contribution in [0.15, 0.2) is 59.4 Å². The number of aryl methyl sites for hydroxylation is 1. The molecular weight excluding hydrogens is 304 g/mol. The number of carbonyl (C=O) groups is 1. The lowest BCUT2D eigenvalue weighted by Crippen LogP contribution is -2.34. The van der Waals surface area contributed by atoms with E-state index in [2.05, 4.69) is 5.32 Å². The second-order valence-electron chi connectivity index (χ2n) is 5.71. The molecule has 24 heavy (non-hydrogen) atoms. The first-order valence-electron chi connectivity index (χ1n) is 7.67. The lowest BCUT2D eigenvalue weighted by atomic mass is 10.1. The number of rotatable bonds is 3. The van der Waals surface area contributed by atoms with Crippen LogP contribution in [-0.2, 0) is 7.05 Å². The van der Waals surface area contributed by atoms with Crippen LogP contribution < -0.4 is 10.9 Å². The number of amides is 1. The predicted molar refractivity (Wildman–Crippen MR) is 93.2 cm³/mol. The van der Waals surface area contributed by atoms with Crippen LogP contribution in [0.5, 0.6) is 5.75 Å². The average Bonchev–Trinajstić information content (AvgIpc) is 2.60. The summed E-state index contributed by atoms with van der Waals surface area (Å²) in [4.78, 5) is 25.1. The van der Waals surface area contributed by atoms with Gasteiger partial charge in [-0.15, -0.1) is 0 Å². The minimum atomic E-state index is -0.588. The first-order chi connectivity index (χ1) is 11.5. The highest BCUT2D eigenvalue weighted by Crippen LogP contribution is 2.26. The smallest absolute Gasteiger partial charge is 0.267 e. The van der Waals surface area contributed by atoms with Crippen LogP contribution in [0.25, 0.3) is 10.9 Å². The van der Waals surface area contributed by atoms with E-state index in [1.165, 1.54) is 4.57 Å². The van der Waals surface area contributed by atoms with E-state index in [9.17, 15) is 14.7 Å². The van der Waals surface area contributed by atoms with Crippen molar-refractivity contribution in [1.82, 2.24) is 9.88 Å². The highest BCUT2D eigenvalue weighted by atomic mass is 16.3. The summed E-state index contributed by atoms with van der Waals surface area (Å²) in [5.74, 6) is -0.873. The third-order valence-corrected chi connectivity index (χ3v) is 4.15. The number of nitrogens with zero attached hydrogens (tertiary/aromatic N) is 1. The minimum Gasteiger partial charge on any atom is -0.506 e. The zero-order valence-electron chi connectivity index (χ0n) is 13.5. The summed E-state index contributed by atoms with van der Waals surface area (Å²) in [7, 11) is 1.58. The number of para-hydroxylation sites is 1. The van der Waals surface area contributed by atoms with Crippen LogP contribution in [0.2, 0.25) is 0 Å². The Kier molecular flexibility index (Phi) is 4.08. The molecule has 0 saturated heterocycles. The van der Waals surface area contributed by atoms with Gasteiger partial charge in [-0.3, -0.25) is 9.59 Å². The molecule has 0 unspecified atom stereocenters. The van der Waals surface area contributed by atoms with Crippen molar-refractivity contribution in [1.29, 1.82) is 0 Å². The Labute approximate surface area is 139 Å². The van der Waals surface area contributed by atoms with Gasteiger partial charge in [-0.1, -0.05) is 42.5 Å². The Morgan fingerprint density at radius 2 is 1.71 bits per heavy atom. The highest BCUT2D eigenvalue weighted by molar-refractivity contribution is 6.02. The van der Waals surface area contributed by atoms with Gasteiger partial charge in [-0.25, -0.2) is 0 Å². The van der Waals surface area contributed by atoms with E-state index in [-0.39, 0.29) is 17.4 Å². The molecule has 0 aliphatic rings. The van der Waals surface area contributed by atoms with Crippen molar-refractivity contribution in [3.63, 3.8) is 0 Å². The molecule has 3 rings (SSSR count). The Balaban J connectivity index is 2.03. The molecule has 5 nitrogen and oxygen atoms in total. The third kappa shape index (κ3) is 2.65. The first kappa shape index (κ1) is 15.8. The summed E-state index contributed by atoms with van der Waals surface area (Å²) in [5.41, 5.74) is 0.735. The molecule has 2 aromatic carbocycles. The second kappa shape index (κ2) is 6.20. The number of aromatic hydroxyl groups is 1. The van der Waals surface area contributed by atoms with Crippen molar-refractivity contribution in [3.8, 4) is 5.75 Å². The normalized spacial score (nSPS) is 12.1. The molecule has 0 aliphatic heterocycles. The van der Waals surface area contributed by atoms with Gasteiger partial charge in [0.05, 0.1) is 11.6 Å². The van der Waals surface area contributed by atoms with Crippen LogP contribution in [0.1, 0.15) is 28.9 Å². The number of carbonyl (C=O) groups excluding carboxylic acids is 1. The number of hydrogen-bond acceptors (Lipinski definition) is 3. The lowest BCUT2D eigenvalue weighted by Gasteiger charge is -2.16. The molecule has 122 valence electrons. The van der Waals surface area contributed by atoms with Gasteiger partial charge >= 0.3 is 0 Å². The maximum Gasteiger partial charge on any atom is 0.267 e. The van der Waals surface area contributed by atoms with E-state index >= 15 is 0 Å². The van der Waals surface area contributed by atoms with E-state index in [0.29, 0.717) is 10.9 Å². The van der Waals surface area contributed by atoms with Crippen molar-refractivity contribution < 1.29 is 9.90 Å². The molecule has 1 atom stereocenters. The monoisotopic (exact) mass is 322 g/mol. The van der Waals surface area contributed by atoms with Crippen molar-refractivity contribution in [2.45, 2.75) is 13.0 Å². The van der Waals surface area contributed by atoms with Gasteiger partial charge in [0.1, 0.15) is 11.3 Å². The molecule has 0 bridgehead atoms. The van der Waals surface area contributed by atoms with Crippen LogP contribution >= 0.6 is 0 Å². The third-order valence-electron chi connectivity index (χ3n) is 4.15. The molecular formula is C19H18N2O3. The summed E-state index contributed by atoms with van der Waals surface area (Å²) < 4.78 is 1.37. The predicted octanol–water partition coefficient (Wildman–Crippen LogP) is 2.74. The molecule has 0 saturated carbocycles. The standard InChI is InChI=1S/C19H18N2O3/c1-12(13-8-4-3-5-9-13)20-18(23)16-17(22)14-10-6-7-11-15(14)21(2)19(16)24/h3-12,22H,1-2H3,(H,20,23)/t12-/m0/s1. The quantitative estimate of drug-likeness (QED) is 0.779. The SMILES string of the molecule is C[C@H](NC(=O)c1c(O)c2ccccc2n(C)c1=O)c1ccccc1. The molecule has 0 spiro atoms. The van der Waals surface area contributed by atoms with Crippen LogP contribution in [0.3, 0.4) is 0 Å². The number of pyridine rings is 1. The Hall–Kier alpha value is -3.08. The summed E-state index contributed by atoms with van der Waals surface area (Å²) in [6.07, 6.45) is 0. The summed E-state index contributed by atoms with van der Waals surface area (Å²) in [6, 6.07) is 16.1. The zero-order chi connectivity index (χ0) is 17.3. The van der Waals surface area contributed by atoms with Crippen LogP contribution in [-0.4, -0.2) is 15.6 Å². The van der Waals surface area contributed by atoms with Gasteiger partial charge in [0.15, 0.2) is 0 Å². The van der Waals surface area contributed by atoms with Crippen LogP contribution in [0, 0.1) is 0 Å². The molecule has 1 aromatic heterocycles. The lowest BCUT2D eigenvalue weighted by molar-refractivity contribution is 0.0935. The average molecular weight is 322 g/mol. The zero-order valence-corrected chi connectivity index (χ0v) is 13.5. The topological polar surface area (TPSA) is 71.3 Å². The summed E-state index contributed by atoms with van der Waals surface area (Å²) >= 11 is 0. The maximum absolute atomic E-state index is 12.6. The number of aromatic nitrogens is 1. The summed E-state index contributed by atoms with van der Waals surface area (Å²) in [6.45, 7) is 1.83.